The number of furan rings is 1. The molecule has 0 fully saturated rings. The fourth-order valence-corrected chi connectivity index (χ4v) is 2.84. The third-order valence-corrected chi connectivity index (χ3v) is 4.20. The Balaban J connectivity index is 1.34. The first-order valence-electron chi connectivity index (χ1n) is 9.36. The number of benzene rings is 2. The Morgan fingerprint density at radius 2 is 1.66 bits per heavy atom. The van der Waals surface area contributed by atoms with Crippen molar-refractivity contribution in [1.29, 1.82) is 0 Å². The van der Waals surface area contributed by atoms with Gasteiger partial charge in [-0.1, -0.05) is 0 Å². The summed E-state index contributed by atoms with van der Waals surface area (Å²) in [5.74, 6) is 3.15. The second-order valence-corrected chi connectivity index (χ2v) is 6.27. The van der Waals surface area contributed by atoms with E-state index in [-0.39, 0.29) is 18.3 Å². The van der Waals surface area contributed by atoms with Gasteiger partial charge in [-0.3, -0.25) is 4.79 Å². The van der Waals surface area contributed by atoms with Crippen LogP contribution in [0.2, 0.25) is 0 Å². The van der Waals surface area contributed by atoms with Crippen LogP contribution in [0, 0.1) is 0 Å². The molecule has 0 saturated heterocycles. The molecule has 1 aromatic heterocycles. The summed E-state index contributed by atoms with van der Waals surface area (Å²) >= 11 is 0. The van der Waals surface area contributed by atoms with Crippen molar-refractivity contribution in [2.45, 2.75) is 13.5 Å². The lowest BCUT2D eigenvalue weighted by atomic mass is 10.2. The summed E-state index contributed by atoms with van der Waals surface area (Å²) in [6.07, 6.45) is 0. The SMILES string of the molecule is CCOc1ccc(OCc2ccc(C(=O)Nc3ccc4c(c3)OCCO4)o2)cc1. The molecule has 2 heterocycles. The second-order valence-electron chi connectivity index (χ2n) is 6.27. The molecular weight excluding hydrogens is 374 g/mol. The first-order valence-corrected chi connectivity index (χ1v) is 9.36. The smallest absolute Gasteiger partial charge is 0.291 e. The van der Waals surface area contributed by atoms with Crippen LogP contribution in [-0.4, -0.2) is 25.7 Å². The van der Waals surface area contributed by atoms with Gasteiger partial charge >= 0.3 is 0 Å². The number of anilines is 1. The van der Waals surface area contributed by atoms with Crippen molar-refractivity contribution < 1.29 is 28.2 Å². The third kappa shape index (κ3) is 4.63. The van der Waals surface area contributed by atoms with Crippen molar-refractivity contribution in [3.8, 4) is 23.0 Å². The fourth-order valence-electron chi connectivity index (χ4n) is 2.84. The van der Waals surface area contributed by atoms with Crippen LogP contribution in [0.5, 0.6) is 23.0 Å². The molecule has 0 radical (unpaired) electrons. The maximum absolute atomic E-state index is 12.4. The van der Waals surface area contributed by atoms with Crippen LogP contribution in [0.15, 0.2) is 59.0 Å². The van der Waals surface area contributed by atoms with Gasteiger partial charge in [-0.15, -0.1) is 0 Å². The Kier molecular flexibility index (Phi) is 5.56. The van der Waals surface area contributed by atoms with E-state index in [4.69, 9.17) is 23.4 Å². The van der Waals surface area contributed by atoms with Crippen molar-refractivity contribution in [1.82, 2.24) is 0 Å². The molecule has 0 saturated carbocycles. The zero-order valence-electron chi connectivity index (χ0n) is 16.0. The van der Waals surface area contributed by atoms with Crippen LogP contribution in [-0.2, 0) is 6.61 Å². The number of amides is 1. The number of hydrogen-bond acceptors (Lipinski definition) is 6. The first kappa shape index (κ1) is 18.7. The van der Waals surface area contributed by atoms with E-state index in [2.05, 4.69) is 5.32 Å². The Hall–Kier alpha value is -3.61. The molecule has 0 atom stereocenters. The molecule has 4 rings (SSSR count). The van der Waals surface area contributed by atoms with E-state index in [9.17, 15) is 4.79 Å². The maximum Gasteiger partial charge on any atom is 0.291 e. The van der Waals surface area contributed by atoms with Gasteiger partial charge in [0.1, 0.15) is 37.1 Å². The molecule has 1 aliphatic heterocycles. The minimum atomic E-state index is -0.353. The zero-order valence-corrected chi connectivity index (χ0v) is 16.0. The van der Waals surface area contributed by atoms with Gasteiger partial charge < -0.3 is 28.7 Å². The molecule has 2 aromatic carbocycles. The van der Waals surface area contributed by atoms with E-state index in [1.807, 2.05) is 31.2 Å². The Morgan fingerprint density at radius 3 is 2.41 bits per heavy atom. The number of carbonyl (C=O) groups is 1. The number of carbonyl (C=O) groups excluding carboxylic acids is 1. The average Bonchev–Trinajstić information content (AvgIpc) is 3.23. The normalized spacial score (nSPS) is 12.3. The number of fused-ring (bicyclic) bond motifs is 1. The van der Waals surface area contributed by atoms with Crippen molar-refractivity contribution >= 4 is 11.6 Å². The van der Waals surface area contributed by atoms with E-state index in [0.717, 1.165) is 5.75 Å². The van der Waals surface area contributed by atoms with Crippen LogP contribution in [0.3, 0.4) is 0 Å². The first-order chi connectivity index (χ1) is 14.2. The summed E-state index contributed by atoms with van der Waals surface area (Å²) in [5, 5.41) is 2.79. The topological polar surface area (TPSA) is 79.2 Å². The fraction of sp³-hybridized carbons (Fsp3) is 0.227. The van der Waals surface area contributed by atoms with Crippen LogP contribution in [0.4, 0.5) is 5.69 Å². The third-order valence-electron chi connectivity index (χ3n) is 4.20. The molecule has 0 aliphatic carbocycles. The standard InChI is InChI=1S/C22H21NO6/c1-2-25-16-4-6-17(7-5-16)28-14-18-8-10-20(29-18)22(24)23-15-3-9-19-21(13-15)27-12-11-26-19/h3-10,13H,2,11-12,14H2,1H3,(H,23,24). The number of ether oxygens (including phenoxy) is 4. The van der Waals surface area contributed by atoms with Gasteiger partial charge in [0.2, 0.25) is 0 Å². The van der Waals surface area contributed by atoms with Gasteiger partial charge in [0, 0.05) is 11.8 Å². The average molecular weight is 395 g/mol. The van der Waals surface area contributed by atoms with Gasteiger partial charge in [-0.05, 0) is 55.5 Å². The minimum Gasteiger partial charge on any atom is -0.494 e. The molecule has 7 nitrogen and oxygen atoms in total. The Labute approximate surface area is 168 Å². The lowest BCUT2D eigenvalue weighted by molar-refractivity contribution is 0.0992. The quantitative estimate of drug-likeness (QED) is 0.643. The highest BCUT2D eigenvalue weighted by atomic mass is 16.6. The summed E-state index contributed by atoms with van der Waals surface area (Å²) in [5.41, 5.74) is 0.600. The van der Waals surface area contributed by atoms with Gasteiger partial charge in [-0.25, -0.2) is 0 Å². The van der Waals surface area contributed by atoms with Crippen LogP contribution < -0.4 is 24.3 Å². The molecule has 7 heteroatoms. The second kappa shape index (κ2) is 8.60. The lowest BCUT2D eigenvalue weighted by Gasteiger charge is -2.18. The summed E-state index contributed by atoms with van der Waals surface area (Å²) in [7, 11) is 0. The lowest BCUT2D eigenvalue weighted by Crippen LogP contribution is -2.16. The number of hydrogen-bond donors (Lipinski definition) is 1. The molecule has 150 valence electrons. The zero-order chi connectivity index (χ0) is 20.1. The maximum atomic E-state index is 12.4. The minimum absolute atomic E-state index is 0.199. The van der Waals surface area contributed by atoms with Gasteiger partial charge in [0.05, 0.1) is 6.61 Å². The number of nitrogens with one attached hydrogen (secondary N) is 1. The summed E-state index contributed by atoms with van der Waals surface area (Å²) in [6, 6.07) is 15.9. The summed E-state index contributed by atoms with van der Waals surface area (Å²) in [4.78, 5) is 12.4. The van der Waals surface area contributed by atoms with Crippen LogP contribution in [0.1, 0.15) is 23.2 Å². The van der Waals surface area contributed by atoms with Crippen LogP contribution >= 0.6 is 0 Å². The van der Waals surface area contributed by atoms with Gasteiger partial charge in [0.25, 0.3) is 5.91 Å². The van der Waals surface area contributed by atoms with Gasteiger partial charge in [0.15, 0.2) is 17.3 Å². The number of rotatable bonds is 7. The monoisotopic (exact) mass is 395 g/mol. The molecule has 1 N–H and O–H groups in total. The molecular formula is C22H21NO6. The summed E-state index contributed by atoms with van der Waals surface area (Å²) < 4.78 is 27.7. The van der Waals surface area contributed by atoms with Crippen molar-refractivity contribution in [3.05, 3.63) is 66.1 Å². The molecule has 1 aliphatic rings. The van der Waals surface area contributed by atoms with E-state index < -0.39 is 0 Å². The molecule has 0 spiro atoms. The van der Waals surface area contributed by atoms with Crippen molar-refractivity contribution in [3.63, 3.8) is 0 Å². The van der Waals surface area contributed by atoms with Crippen molar-refractivity contribution in [2.75, 3.05) is 25.1 Å². The van der Waals surface area contributed by atoms with Crippen molar-refractivity contribution in [2.24, 2.45) is 0 Å². The predicted octanol–water partition coefficient (Wildman–Crippen LogP) is 4.28. The Morgan fingerprint density at radius 1 is 0.931 bits per heavy atom. The molecule has 0 unspecified atom stereocenters. The van der Waals surface area contributed by atoms with Gasteiger partial charge in [-0.2, -0.15) is 0 Å². The molecule has 1 amide bonds. The van der Waals surface area contributed by atoms with E-state index >= 15 is 0 Å². The molecule has 3 aromatic rings. The largest absolute Gasteiger partial charge is 0.494 e. The van der Waals surface area contributed by atoms with E-state index in [0.29, 0.717) is 48.5 Å². The Bertz CT molecular complexity index is 979. The highest BCUT2D eigenvalue weighted by Gasteiger charge is 2.15. The molecule has 29 heavy (non-hydrogen) atoms. The van der Waals surface area contributed by atoms with E-state index in [1.54, 1.807) is 30.3 Å². The summed E-state index contributed by atoms with van der Waals surface area (Å²) in [6.45, 7) is 3.77. The highest BCUT2D eigenvalue weighted by Crippen LogP contribution is 2.32. The predicted molar refractivity (Wildman–Crippen MR) is 106 cm³/mol. The highest BCUT2D eigenvalue weighted by molar-refractivity contribution is 6.02. The van der Waals surface area contributed by atoms with E-state index in [1.165, 1.54) is 0 Å². The van der Waals surface area contributed by atoms with Crippen LogP contribution in [0.25, 0.3) is 0 Å². The molecule has 0 bridgehead atoms.